The normalized spacial score (nSPS) is 20.2. The minimum atomic E-state index is 0.164. The summed E-state index contributed by atoms with van der Waals surface area (Å²) >= 11 is 0. The van der Waals surface area contributed by atoms with Crippen molar-refractivity contribution in [1.29, 1.82) is 0 Å². The molecule has 0 spiro atoms. The molecule has 2 aromatic rings. The fraction of sp³-hybridized carbons (Fsp3) is 0.273. The van der Waals surface area contributed by atoms with Crippen LogP contribution in [-0.4, -0.2) is 0 Å². The second-order valence-electron chi connectivity index (χ2n) is 7.16. The Kier molecular flexibility index (Phi) is 2.91. The van der Waals surface area contributed by atoms with E-state index in [-0.39, 0.29) is 5.41 Å². The van der Waals surface area contributed by atoms with Crippen LogP contribution in [-0.2, 0) is 0 Å². The lowest BCUT2D eigenvalue weighted by Gasteiger charge is -2.35. The van der Waals surface area contributed by atoms with Gasteiger partial charge >= 0.3 is 0 Å². The van der Waals surface area contributed by atoms with Gasteiger partial charge in [0.25, 0.3) is 0 Å². The van der Waals surface area contributed by atoms with Crippen molar-refractivity contribution < 1.29 is 0 Å². The van der Waals surface area contributed by atoms with Gasteiger partial charge in [-0.05, 0) is 40.7 Å². The lowest BCUT2D eigenvalue weighted by molar-refractivity contribution is 0.383. The highest BCUT2D eigenvalue weighted by molar-refractivity contribution is 5.94. The standard InChI is InChI=1S/C22H22/c1-15-14-20-18-11-7-4-8-16(18)12-13-19(20)21(15)22(2,3)17-9-5-6-10-17/h4-9,11-14,21H,10H2,1-3H3. The van der Waals surface area contributed by atoms with Gasteiger partial charge in [-0.2, -0.15) is 0 Å². The third kappa shape index (κ3) is 1.83. The van der Waals surface area contributed by atoms with Gasteiger partial charge in [-0.3, -0.25) is 0 Å². The third-order valence-electron chi connectivity index (χ3n) is 5.46. The van der Waals surface area contributed by atoms with Crippen LogP contribution < -0.4 is 0 Å². The lowest BCUT2D eigenvalue weighted by atomic mass is 9.68. The molecule has 4 rings (SSSR count). The van der Waals surface area contributed by atoms with E-state index in [2.05, 4.69) is 81.5 Å². The highest BCUT2D eigenvalue weighted by Crippen LogP contribution is 2.53. The van der Waals surface area contributed by atoms with Crippen molar-refractivity contribution in [3.63, 3.8) is 0 Å². The van der Waals surface area contributed by atoms with E-state index < -0.39 is 0 Å². The van der Waals surface area contributed by atoms with Gasteiger partial charge < -0.3 is 0 Å². The first kappa shape index (κ1) is 13.6. The van der Waals surface area contributed by atoms with Gasteiger partial charge in [-0.1, -0.05) is 85.7 Å². The molecule has 0 heterocycles. The van der Waals surface area contributed by atoms with E-state index in [1.165, 1.54) is 27.5 Å². The predicted molar refractivity (Wildman–Crippen MR) is 96.0 cm³/mol. The maximum atomic E-state index is 2.41. The molecule has 2 aliphatic carbocycles. The fourth-order valence-electron chi connectivity index (χ4n) is 4.35. The molecule has 110 valence electrons. The minimum Gasteiger partial charge on any atom is -0.0804 e. The quantitative estimate of drug-likeness (QED) is 0.612. The summed E-state index contributed by atoms with van der Waals surface area (Å²) in [6, 6.07) is 13.4. The highest BCUT2D eigenvalue weighted by atomic mass is 14.4. The second kappa shape index (κ2) is 4.71. The molecule has 0 heteroatoms. The van der Waals surface area contributed by atoms with Gasteiger partial charge in [0, 0.05) is 5.92 Å². The van der Waals surface area contributed by atoms with Gasteiger partial charge in [0.15, 0.2) is 0 Å². The molecule has 2 aliphatic rings. The van der Waals surface area contributed by atoms with Crippen LogP contribution in [0.1, 0.15) is 44.2 Å². The number of hydrogen-bond donors (Lipinski definition) is 0. The van der Waals surface area contributed by atoms with Gasteiger partial charge in [0.05, 0.1) is 0 Å². The summed E-state index contributed by atoms with van der Waals surface area (Å²) in [5, 5.41) is 2.72. The maximum absolute atomic E-state index is 2.41. The van der Waals surface area contributed by atoms with Crippen LogP contribution in [0.5, 0.6) is 0 Å². The average Bonchev–Trinajstić information content (AvgIpc) is 3.14. The van der Waals surface area contributed by atoms with Gasteiger partial charge in [-0.15, -0.1) is 0 Å². The predicted octanol–water partition coefficient (Wildman–Crippen LogP) is 6.25. The van der Waals surface area contributed by atoms with Gasteiger partial charge in [0.1, 0.15) is 0 Å². The van der Waals surface area contributed by atoms with Crippen molar-refractivity contribution in [2.24, 2.45) is 5.41 Å². The molecule has 0 nitrogen and oxygen atoms in total. The zero-order valence-electron chi connectivity index (χ0n) is 13.6. The molecular weight excluding hydrogens is 264 g/mol. The topological polar surface area (TPSA) is 0 Å². The first-order chi connectivity index (χ1) is 10.6. The Bertz CT molecular complexity index is 843. The summed E-state index contributed by atoms with van der Waals surface area (Å²) in [5.41, 5.74) is 6.13. The molecule has 0 radical (unpaired) electrons. The SMILES string of the molecule is CC1=Cc2c(ccc3ccccc23)C1C(C)(C)C1=CC=CC1. The van der Waals surface area contributed by atoms with Crippen LogP contribution in [0.2, 0.25) is 0 Å². The van der Waals surface area contributed by atoms with Crippen LogP contribution >= 0.6 is 0 Å². The summed E-state index contributed by atoms with van der Waals surface area (Å²) in [7, 11) is 0. The smallest absolute Gasteiger partial charge is 0.0143 e. The first-order valence-electron chi connectivity index (χ1n) is 8.15. The zero-order valence-corrected chi connectivity index (χ0v) is 13.6. The van der Waals surface area contributed by atoms with E-state index in [9.17, 15) is 0 Å². The lowest BCUT2D eigenvalue weighted by Crippen LogP contribution is -2.24. The van der Waals surface area contributed by atoms with Crippen LogP contribution in [0, 0.1) is 5.41 Å². The molecule has 0 aromatic heterocycles. The Morgan fingerprint density at radius 1 is 1.05 bits per heavy atom. The van der Waals surface area contributed by atoms with E-state index in [0.29, 0.717) is 5.92 Å². The van der Waals surface area contributed by atoms with Crippen molar-refractivity contribution in [3.8, 4) is 0 Å². The number of allylic oxidation sites excluding steroid dienone is 5. The first-order valence-corrected chi connectivity index (χ1v) is 8.15. The molecule has 0 fully saturated rings. The summed E-state index contributed by atoms with van der Waals surface area (Å²) in [6.07, 6.45) is 10.3. The molecule has 0 N–H and O–H groups in total. The van der Waals surface area contributed by atoms with Crippen molar-refractivity contribution in [2.45, 2.75) is 33.1 Å². The molecule has 22 heavy (non-hydrogen) atoms. The number of hydrogen-bond acceptors (Lipinski definition) is 0. The number of fused-ring (bicyclic) bond motifs is 3. The van der Waals surface area contributed by atoms with E-state index in [4.69, 9.17) is 0 Å². The molecule has 1 atom stereocenters. The van der Waals surface area contributed by atoms with Crippen LogP contribution in [0.4, 0.5) is 0 Å². The van der Waals surface area contributed by atoms with E-state index in [1.807, 2.05) is 0 Å². The molecule has 0 aliphatic heterocycles. The largest absolute Gasteiger partial charge is 0.0804 e. The molecule has 0 bridgehead atoms. The Balaban J connectivity index is 1.89. The van der Waals surface area contributed by atoms with Crippen molar-refractivity contribution in [1.82, 2.24) is 0 Å². The molecule has 0 saturated carbocycles. The minimum absolute atomic E-state index is 0.164. The van der Waals surface area contributed by atoms with E-state index in [0.717, 1.165) is 6.42 Å². The average molecular weight is 286 g/mol. The maximum Gasteiger partial charge on any atom is 0.0143 e. The molecule has 0 amide bonds. The number of benzene rings is 2. The van der Waals surface area contributed by atoms with Crippen LogP contribution in [0.15, 0.2) is 65.8 Å². The Morgan fingerprint density at radius 2 is 1.86 bits per heavy atom. The molecule has 0 saturated heterocycles. The van der Waals surface area contributed by atoms with Crippen molar-refractivity contribution >= 4 is 16.8 Å². The monoisotopic (exact) mass is 286 g/mol. The third-order valence-corrected chi connectivity index (χ3v) is 5.46. The van der Waals surface area contributed by atoms with E-state index >= 15 is 0 Å². The Morgan fingerprint density at radius 3 is 2.64 bits per heavy atom. The zero-order chi connectivity index (χ0) is 15.3. The Hall–Kier alpha value is -2.08. The van der Waals surface area contributed by atoms with Gasteiger partial charge in [0.2, 0.25) is 0 Å². The summed E-state index contributed by atoms with van der Waals surface area (Å²) in [6.45, 7) is 7.10. The summed E-state index contributed by atoms with van der Waals surface area (Å²) < 4.78 is 0. The van der Waals surface area contributed by atoms with Crippen molar-refractivity contribution in [2.75, 3.05) is 0 Å². The van der Waals surface area contributed by atoms with Crippen molar-refractivity contribution in [3.05, 3.63) is 76.9 Å². The van der Waals surface area contributed by atoms with Crippen LogP contribution in [0.25, 0.3) is 16.8 Å². The summed E-state index contributed by atoms with van der Waals surface area (Å²) in [5.74, 6) is 0.484. The van der Waals surface area contributed by atoms with Crippen LogP contribution in [0.3, 0.4) is 0 Å². The van der Waals surface area contributed by atoms with E-state index in [1.54, 1.807) is 5.57 Å². The molecule has 1 unspecified atom stereocenters. The second-order valence-corrected chi connectivity index (χ2v) is 7.16. The molecular formula is C22H22. The molecule has 2 aromatic carbocycles. The fourth-order valence-corrected chi connectivity index (χ4v) is 4.35. The number of rotatable bonds is 2. The summed E-state index contributed by atoms with van der Waals surface area (Å²) in [4.78, 5) is 0. The van der Waals surface area contributed by atoms with Gasteiger partial charge in [-0.25, -0.2) is 0 Å². The Labute approximate surface area is 132 Å². The highest BCUT2D eigenvalue weighted by Gasteiger charge is 2.38.